The quantitative estimate of drug-likeness (QED) is 0.883. The maximum absolute atomic E-state index is 6.08. The fourth-order valence-corrected chi connectivity index (χ4v) is 2.71. The molecule has 3 nitrogen and oxygen atoms in total. The molecule has 0 aliphatic heterocycles. The van der Waals surface area contributed by atoms with Crippen LogP contribution in [0.15, 0.2) is 46.9 Å². The lowest BCUT2D eigenvalue weighted by Gasteiger charge is -2.24. The van der Waals surface area contributed by atoms with Crippen molar-refractivity contribution in [1.29, 1.82) is 0 Å². The van der Waals surface area contributed by atoms with E-state index < -0.39 is 0 Å². The number of hydrogen-bond donors (Lipinski definition) is 1. The van der Waals surface area contributed by atoms with Gasteiger partial charge in [-0.25, -0.2) is 0 Å². The molecule has 0 aliphatic carbocycles. The maximum Gasteiger partial charge on any atom is 0.119 e. The molecule has 2 aromatic rings. The summed E-state index contributed by atoms with van der Waals surface area (Å²) in [5.74, 6) is 0.877. The summed E-state index contributed by atoms with van der Waals surface area (Å²) in [5, 5.41) is 0. The average molecular weight is 349 g/mol. The molecule has 0 aromatic heterocycles. The summed E-state index contributed by atoms with van der Waals surface area (Å²) in [6, 6.07) is 14.3. The highest BCUT2D eigenvalue weighted by molar-refractivity contribution is 9.10. The SMILES string of the molecule is COc1cccc(CN(C)c2cc(Br)ccc2C(C)N)c1. The molecule has 1 atom stereocenters. The van der Waals surface area contributed by atoms with E-state index in [4.69, 9.17) is 10.5 Å². The molecule has 2 aromatic carbocycles. The Kier molecular flexibility index (Phi) is 5.26. The molecule has 21 heavy (non-hydrogen) atoms. The van der Waals surface area contributed by atoms with E-state index >= 15 is 0 Å². The summed E-state index contributed by atoms with van der Waals surface area (Å²) >= 11 is 3.53. The van der Waals surface area contributed by atoms with E-state index in [9.17, 15) is 0 Å². The number of rotatable bonds is 5. The van der Waals surface area contributed by atoms with Crippen molar-refractivity contribution < 1.29 is 4.74 Å². The Morgan fingerprint density at radius 2 is 2.00 bits per heavy atom. The van der Waals surface area contributed by atoms with Gasteiger partial charge in [0.05, 0.1) is 7.11 Å². The van der Waals surface area contributed by atoms with Crippen molar-refractivity contribution in [3.8, 4) is 5.75 Å². The standard InChI is InChI=1S/C17H21BrN2O/c1-12(19)16-8-7-14(18)10-17(16)20(2)11-13-5-4-6-15(9-13)21-3/h4-10,12H,11,19H2,1-3H3. The van der Waals surface area contributed by atoms with E-state index in [1.54, 1.807) is 7.11 Å². The summed E-state index contributed by atoms with van der Waals surface area (Å²) in [6.45, 7) is 2.81. The Bertz CT molecular complexity index is 613. The molecule has 0 amide bonds. The van der Waals surface area contributed by atoms with Gasteiger partial charge < -0.3 is 15.4 Å². The zero-order chi connectivity index (χ0) is 15.4. The molecule has 0 saturated carbocycles. The number of methoxy groups -OCH3 is 1. The highest BCUT2D eigenvalue weighted by atomic mass is 79.9. The zero-order valence-corrected chi connectivity index (χ0v) is 14.2. The predicted molar refractivity (Wildman–Crippen MR) is 91.8 cm³/mol. The minimum absolute atomic E-state index is 0.000796. The fourth-order valence-electron chi connectivity index (χ4n) is 2.36. The van der Waals surface area contributed by atoms with Crippen LogP contribution in [0.3, 0.4) is 0 Å². The second-order valence-corrected chi connectivity index (χ2v) is 6.12. The number of anilines is 1. The summed E-state index contributed by atoms with van der Waals surface area (Å²) < 4.78 is 6.33. The van der Waals surface area contributed by atoms with E-state index in [0.717, 1.165) is 28.0 Å². The van der Waals surface area contributed by atoms with Crippen molar-refractivity contribution in [2.75, 3.05) is 19.1 Å². The zero-order valence-electron chi connectivity index (χ0n) is 12.6. The summed E-state index contributed by atoms with van der Waals surface area (Å²) in [4.78, 5) is 2.21. The lowest BCUT2D eigenvalue weighted by Crippen LogP contribution is -2.20. The van der Waals surface area contributed by atoms with Crippen LogP contribution in [-0.4, -0.2) is 14.2 Å². The van der Waals surface area contributed by atoms with Gasteiger partial charge in [-0.1, -0.05) is 34.1 Å². The molecule has 4 heteroatoms. The van der Waals surface area contributed by atoms with E-state index in [-0.39, 0.29) is 6.04 Å². The van der Waals surface area contributed by atoms with Crippen LogP contribution in [0.5, 0.6) is 5.75 Å². The average Bonchev–Trinajstić information content (AvgIpc) is 2.47. The number of hydrogen-bond acceptors (Lipinski definition) is 3. The Balaban J connectivity index is 2.27. The van der Waals surface area contributed by atoms with E-state index in [1.807, 2.05) is 25.1 Å². The molecule has 0 spiro atoms. The Labute approximate surface area is 134 Å². The summed E-state index contributed by atoms with van der Waals surface area (Å²) in [6.07, 6.45) is 0. The maximum atomic E-state index is 6.08. The van der Waals surface area contributed by atoms with Gasteiger partial charge >= 0.3 is 0 Å². The molecule has 0 saturated heterocycles. The van der Waals surface area contributed by atoms with Gasteiger partial charge in [-0.05, 0) is 42.3 Å². The first-order chi connectivity index (χ1) is 10.0. The predicted octanol–water partition coefficient (Wildman–Crippen LogP) is 4.11. The molecule has 0 bridgehead atoms. The molecule has 0 aliphatic rings. The number of ether oxygens (including phenoxy) is 1. The molecule has 2 N–H and O–H groups in total. The minimum atomic E-state index is 0.000796. The van der Waals surface area contributed by atoms with Crippen LogP contribution >= 0.6 is 15.9 Å². The second-order valence-electron chi connectivity index (χ2n) is 5.20. The molecular weight excluding hydrogens is 328 g/mol. The number of nitrogens with two attached hydrogens (primary N) is 1. The normalized spacial score (nSPS) is 12.0. The van der Waals surface area contributed by atoms with Gasteiger partial charge in [-0.3, -0.25) is 0 Å². The summed E-state index contributed by atoms with van der Waals surface area (Å²) in [5.41, 5.74) is 9.56. The third-order valence-electron chi connectivity index (χ3n) is 3.45. The van der Waals surface area contributed by atoms with Gasteiger partial charge in [0, 0.05) is 29.8 Å². The largest absolute Gasteiger partial charge is 0.497 e. The lowest BCUT2D eigenvalue weighted by molar-refractivity contribution is 0.414. The fraction of sp³-hybridized carbons (Fsp3) is 0.294. The monoisotopic (exact) mass is 348 g/mol. The van der Waals surface area contributed by atoms with E-state index in [2.05, 4.69) is 52.1 Å². The smallest absolute Gasteiger partial charge is 0.119 e. The molecule has 1 unspecified atom stereocenters. The highest BCUT2D eigenvalue weighted by Crippen LogP contribution is 2.29. The first-order valence-corrected chi connectivity index (χ1v) is 7.69. The second kappa shape index (κ2) is 6.96. The Hall–Kier alpha value is -1.52. The number of nitrogens with zero attached hydrogens (tertiary/aromatic N) is 1. The van der Waals surface area contributed by atoms with Crippen LogP contribution in [0.2, 0.25) is 0 Å². The topological polar surface area (TPSA) is 38.5 Å². The molecule has 0 radical (unpaired) electrons. The van der Waals surface area contributed by atoms with Crippen molar-refractivity contribution in [2.45, 2.75) is 19.5 Å². The van der Waals surface area contributed by atoms with Gasteiger partial charge in [0.1, 0.15) is 5.75 Å². The van der Waals surface area contributed by atoms with Crippen molar-refractivity contribution in [3.63, 3.8) is 0 Å². The van der Waals surface area contributed by atoms with Crippen molar-refractivity contribution in [1.82, 2.24) is 0 Å². The van der Waals surface area contributed by atoms with E-state index in [1.165, 1.54) is 5.56 Å². The van der Waals surface area contributed by atoms with Crippen LogP contribution in [0.4, 0.5) is 5.69 Å². The number of benzene rings is 2. The Morgan fingerprint density at radius 1 is 1.24 bits per heavy atom. The van der Waals surface area contributed by atoms with Crippen molar-refractivity contribution in [2.24, 2.45) is 5.73 Å². The minimum Gasteiger partial charge on any atom is -0.497 e. The summed E-state index contributed by atoms with van der Waals surface area (Å²) in [7, 11) is 3.76. The van der Waals surface area contributed by atoms with Crippen LogP contribution in [-0.2, 0) is 6.54 Å². The molecule has 112 valence electrons. The van der Waals surface area contributed by atoms with Gasteiger partial charge in [0.2, 0.25) is 0 Å². The van der Waals surface area contributed by atoms with Crippen LogP contribution in [0.25, 0.3) is 0 Å². The van der Waals surface area contributed by atoms with Gasteiger partial charge in [-0.15, -0.1) is 0 Å². The van der Waals surface area contributed by atoms with Crippen molar-refractivity contribution in [3.05, 3.63) is 58.1 Å². The lowest BCUT2D eigenvalue weighted by atomic mass is 10.1. The molecule has 0 fully saturated rings. The van der Waals surface area contributed by atoms with Crippen LogP contribution < -0.4 is 15.4 Å². The highest BCUT2D eigenvalue weighted by Gasteiger charge is 2.12. The third kappa shape index (κ3) is 3.99. The molecule has 2 rings (SSSR count). The first-order valence-electron chi connectivity index (χ1n) is 6.90. The van der Waals surface area contributed by atoms with Crippen molar-refractivity contribution >= 4 is 21.6 Å². The molecular formula is C17H21BrN2O. The van der Waals surface area contributed by atoms with Crippen LogP contribution in [0.1, 0.15) is 24.1 Å². The van der Waals surface area contributed by atoms with E-state index in [0.29, 0.717) is 0 Å². The number of halogens is 1. The van der Waals surface area contributed by atoms with Gasteiger partial charge in [0.25, 0.3) is 0 Å². The molecule has 0 heterocycles. The van der Waals surface area contributed by atoms with Gasteiger partial charge in [-0.2, -0.15) is 0 Å². The van der Waals surface area contributed by atoms with Crippen LogP contribution in [0, 0.1) is 0 Å². The third-order valence-corrected chi connectivity index (χ3v) is 3.94. The van der Waals surface area contributed by atoms with Gasteiger partial charge in [0.15, 0.2) is 0 Å². The first kappa shape index (κ1) is 15.9. The Morgan fingerprint density at radius 3 is 2.67 bits per heavy atom.